The maximum atomic E-state index is 8.66. The summed E-state index contributed by atoms with van der Waals surface area (Å²) in [5, 5.41) is 9.41. The van der Waals surface area contributed by atoms with Crippen LogP contribution in [-0.2, 0) is 6.42 Å². The van der Waals surface area contributed by atoms with Crippen LogP contribution < -0.4 is 4.74 Å². The van der Waals surface area contributed by atoms with Gasteiger partial charge in [-0.25, -0.2) is 0 Å². The second kappa shape index (κ2) is 6.70. The van der Waals surface area contributed by atoms with Crippen molar-refractivity contribution >= 4 is 11.6 Å². The minimum atomic E-state index is 0.271. The molecule has 0 saturated carbocycles. The van der Waals surface area contributed by atoms with Gasteiger partial charge < -0.3 is 9.84 Å². The fourth-order valence-electron chi connectivity index (χ4n) is 1.55. The number of benzene rings is 1. The van der Waals surface area contributed by atoms with E-state index in [1.807, 2.05) is 18.2 Å². The van der Waals surface area contributed by atoms with Crippen molar-refractivity contribution in [1.82, 2.24) is 0 Å². The Morgan fingerprint density at radius 3 is 2.73 bits per heavy atom. The topological polar surface area (TPSA) is 29.5 Å². The molecule has 0 aliphatic heterocycles. The van der Waals surface area contributed by atoms with Crippen molar-refractivity contribution in [2.24, 2.45) is 0 Å². The lowest BCUT2D eigenvalue weighted by Crippen LogP contribution is -1.93. The Bertz CT molecular complexity index is 300. The molecule has 1 aromatic rings. The van der Waals surface area contributed by atoms with Gasteiger partial charge in [0.1, 0.15) is 5.75 Å². The quantitative estimate of drug-likeness (QED) is 0.759. The monoisotopic (exact) mass is 228 g/mol. The summed E-state index contributed by atoms with van der Waals surface area (Å²) in [6, 6.07) is 5.67. The number of methoxy groups -OCH3 is 1. The molecule has 1 N–H and O–H groups in total. The number of halogens is 1. The standard InChI is InChI=1S/C12H17ClO2/c1-15-12-7-6-11(13)9-10(12)5-3-2-4-8-14/h6-7,9,14H,2-5,8H2,1H3. The van der Waals surface area contributed by atoms with Crippen molar-refractivity contribution in [3.05, 3.63) is 28.8 Å². The van der Waals surface area contributed by atoms with Crippen molar-refractivity contribution < 1.29 is 9.84 Å². The molecule has 0 radical (unpaired) electrons. The molecular formula is C12H17ClO2. The van der Waals surface area contributed by atoms with Crippen molar-refractivity contribution in [2.75, 3.05) is 13.7 Å². The molecule has 1 aromatic carbocycles. The maximum absolute atomic E-state index is 8.66. The van der Waals surface area contributed by atoms with Crippen molar-refractivity contribution in [2.45, 2.75) is 25.7 Å². The first-order valence-electron chi connectivity index (χ1n) is 5.21. The highest BCUT2D eigenvalue weighted by Crippen LogP contribution is 2.24. The molecule has 84 valence electrons. The van der Waals surface area contributed by atoms with E-state index in [-0.39, 0.29) is 6.61 Å². The van der Waals surface area contributed by atoms with Gasteiger partial charge in [0.25, 0.3) is 0 Å². The zero-order chi connectivity index (χ0) is 11.1. The number of unbranched alkanes of at least 4 members (excludes halogenated alkanes) is 2. The Morgan fingerprint density at radius 1 is 1.27 bits per heavy atom. The van der Waals surface area contributed by atoms with E-state index in [4.69, 9.17) is 21.4 Å². The second-order valence-corrected chi connectivity index (χ2v) is 3.93. The van der Waals surface area contributed by atoms with Crippen molar-refractivity contribution in [3.63, 3.8) is 0 Å². The summed E-state index contributed by atoms with van der Waals surface area (Å²) in [4.78, 5) is 0. The highest BCUT2D eigenvalue weighted by molar-refractivity contribution is 6.30. The van der Waals surface area contributed by atoms with Crippen LogP contribution >= 0.6 is 11.6 Å². The van der Waals surface area contributed by atoms with E-state index < -0.39 is 0 Å². The van der Waals surface area contributed by atoms with Crippen molar-refractivity contribution in [1.29, 1.82) is 0 Å². The average molecular weight is 229 g/mol. The van der Waals surface area contributed by atoms with Gasteiger partial charge in [0.05, 0.1) is 7.11 Å². The second-order valence-electron chi connectivity index (χ2n) is 3.49. The molecule has 0 spiro atoms. The number of ether oxygens (including phenoxy) is 1. The van der Waals surface area contributed by atoms with Gasteiger partial charge in [-0.1, -0.05) is 18.0 Å². The molecule has 0 fully saturated rings. The summed E-state index contributed by atoms with van der Waals surface area (Å²) < 4.78 is 5.25. The Hall–Kier alpha value is -0.730. The third-order valence-electron chi connectivity index (χ3n) is 2.35. The smallest absolute Gasteiger partial charge is 0.122 e. The Kier molecular flexibility index (Phi) is 5.51. The first-order chi connectivity index (χ1) is 7.27. The molecule has 0 heterocycles. The van der Waals surface area contributed by atoms with Crippen LogP contribution in [0.25, 0.3) is 0 Å². The zero-order valence-electron chi connectivity index (χ0n) is 9.00. The third-order valence-corrected chi connectivity index (χ3v) is 2.58. The fraction of sp³-hybridized carbons (Fsp3) is 0.500. The van der Waals surface area contributed by atoms with Gasteiger partial charge in [0.15, 0.2) is 0 Å². The lowest BCUT2D eigenvalue weighted by atomic mass is 10.1. The SMILES string of the molecule is COc1ccc(Cl)cc1CCCCCO. The number of aliphatic hydroxyl groups excluding tert-OH is 1. The van der Waals surface area contributed by atoms with E-state index in [2.05, 4.69) is 0 Å². The largest absolute Gasteiger partial charge is 0.496 e. The molecule has 0 aliphatic rings. The van der Waals surface area contributed by atoms with Crippen LogP contribution in [0.1, 0.15) is 24.8 Å². The van der Waals surface area contributed by atoms with Crippen molar-refractivity contribution in [3.8, 4) is 5.75 Å². The molecule has 0 aliphatic carbocycles. The van der Waals surface area contributed by atoms with E-state index in [1.54, 1.807) is 7.11 Å². The fourth-order valence-corrected chi connectivity index (χ4v) is 1.74. The number of aliphatic hydroxyl groups is 1. The summed E-state index contributed by atoms with van der Waals surface area (Å²) >= 11 is 5.92. The molecule has 0 amide bonds. The van der Waals surface area contributed by atoms with E-state index in [0.29, 0.717) is 0 Å². The van der Waals surface area contributed by atoms with E-state index in [9.17, 15) is 0 Å². The molecule has 0 unspecified atom stereocenters. The van der Waals surface area contributed by atoms with Crippen LogP contribution in [0.4, 0.5) is 0 Å². The van der Waals surface area contributed by atoms with Crippen LogP contribution in [0.3, 0.4) is 0 Å². The Balaban J connectivity index is 2.54. The summed E-state index contributed by atoms with van der Waals surface area (Å²) in [7, 11) is 1.67. The molecule has 0 saturated heterocycles. The van der Waals surface area contributed by atoms with Crippen LogP contribution in [-0.4, -0.2) is 18.8 Å². The predicted molar refractivity (Wildman–Crippen MR) is 62.6 cm³/mol. The Labute approximate surface area is 95.8 Å². The van der Waals surface area contributed by atoms with Gasteiger partial charge in [0, 0.05) is 11.6 Å². The summed E-state index contributed by atoms with van der Waals surface area (Å²) in [5.41, 5.74) is 1.14. The number of aryl methyl sites for hydroxylation is 1. The van der Waals surface area contributed by atoms with E-state index >= 15 is 0 Å². The number of hydrogen-bond donors (Lipinski definition) is 1. The van der Waals surface area contributed by atoms with E-state index in [0.717, 1.165) is 42.0 Å². The van der Waals surface area contributed by atoms with Crippen LogP contribution in [0, 0.1) is 0 Å². The number of hydrogen-bond acceptors (Lipinski definition) is 2. The molecule has 1 rings (SSSR count). The predicted octanol–water partition coefficient (Wildman–Crippen LogP) is 3.05. The highest BCUT2D eigenvalue weighted by Gasteiger charge is 2.03. The average Bonchev–Trinajstić information content (AvgIpc) is 2.25. The summed E-state index contributed by atoms with van der Waals surface area (Å²) in [5.74, 6) is 0.892. The van der Waals surface area contributed by atoms with Gasteiger partial charge in [-0.3, -0.25) is 0 Å². The van der Waals surface area contributed by atoms with E-state index in [1.165, 1.54) is 0 Å². The van der Waals surface area contributed by atoms with Crippen LogP contribution in [0.5, 0.6) is 5.75 Å². The molecular weight excluding hydrogens is 212 g/mol. The molecule has 2 nitrogen and oxygen atoms in total. The van der Waals surface area contributed by atoms with Crippen LogP contribution in [0.2, 0.25) is 5.02 Å². The normalized spacial score (nSPS) is 10.3. The first kappa shape index (κ1) is 12.3. The molecule has 0 atom stereocenters. The zero-order valence-corrected chi connectivity index (χ0v) is 9.76. The lowest BCUT2D eigenvalue weighted by Gasteiger charge is -2.08. The Morgan fingerprint density at radius 2 is 2.07 bits per heavy atom. The molecule has 0 bridgehead atoms. The minimum absolute atomic E-state index is 0.271. The third kappa shape index (κ3) is 4.10. The van der Waals surface area contributed by atoms with Gasteiger partial charge in [-0.2, -0.15) is 0 Å². The van der Waals surface area contributed by atoms with Crippen LogP contribution in [0.15, 0.2) is 18.2 Å². The maximum Gasteiger partial charge on any atom is 0.122 e. The molecule has 15 heavy (non-hydrogen) atoms. The lowest BCUT2D eigenvalue weighted by molar-refractivity contribution is 0.283. The van der Waals surface area contributed by atoms with Gasteiger partial charge >= 0.3 is 0 Å². The summed E-state index contributed by atoms with van der Waals surface area (Å²) in [6.07, 6.45) is 3.90. The first-order valence-corrected chi connectivity index (χ1v) is 5.59. The number of rotatable bonds is 6. The van der Waals surface area contributed by atoms with Gasteiger partial charge in [0.2, 0.25) is 0 Å². The highest BCUT2D eigenvalue weighted by atomic mass is 35.5. The molecule has 0 aromatic heterocycles. The molecule has 3 heteroatoms. The summed E-state index contributed by atoms with van der Waals surface area (Å²) in [6.45, 7) is 0.271. The van der Waals surface area contributed by atoms with Gasteiger partial charge in [-0.05, 0) is 43.0 Å². The van der Waals surface area contributed by atoms with Gasteiger partial charge in [-0.15, -0.1) is 0 Å². The minimum Gasteiger partial charge on any atom is -0.496 e.